The van der Waals surface area contributed by atoms with E-state index in [-0.39, 0.29) is 43.5 Å². The van der Waals surface area contributed by atoms with Crippen LogP contribution in [-0.2, 0) is 14.4 Å². The number of amides is 4. The lowest BCUT2D eigenvalue weighted by Crippen LogP contribution is -2.53. The van der Waals surface area contributed by atoms with Crippen LogP contribution in [-0.4, -0.2) is 81.1 Å². The van der Waals surface area contributed by atoms with Gasteiger partial charge in [-0.05, 0) is 55.2 Å². The summed E-state index contributed by atoms with van der Waals surface area (Å²) in [7, 11) is 3.23. The molecule has 11 nitrogen and oxygen atoms in total. The van der Waals surface area contributed by atoms with Crippen LogP contribution in [0.4, 0.5) is 0 Å². The lowest BCUT2D eigenvalue weighted by atomic mass is 10.0. The molecular formula is C30H40N4O7. The van der Waals surface area contributed by atoms with E-state index >= 15 is 0 Å². The molecule has 11 heteroatoms. The maximum Gasteiger partial charge on any atom is 0.255 e. The number of ether oxygens (including phenoxy) is 3. The van der Waals surface area contributed by atoms with Gasteiger partial charge in [-0.3, -0.25) is 19.2 Å². The summed E-state index contributed by atoms with van der Waals surface area (Å²) in [4.78, 5) is 54.1. The number of rotatable bonds is 9. The first-order valence-electron chi connectivity index (χ1n) is 13.8. The number of benzene rings is 2. The third-order valence-corrected chi connectivity index (χ3v) is 6.49. The van der Waals surface area contributed by atoms with Crippen molar-refractivity contribution in [1.82, 2.24) is 20.9 Å². The largest absolute Gasteiger partial charge is 0.497 e. The van der Waals surface area contributed by atoms with Crippen molar-refractivity contribution in [2.75, 3.05) is 40.5 Å². The second-order valence-electron chi connectivity index (χ2n) is 10.3. The van der Waals surface area contributed by atoms with Crippen molar-refractivity contribution in [2.24, 2.45) is 5.92 Å². The highest BCUT2D eigenvalue weighted by atomic mass is 16.5. The average Bonchev–Trinajstić information content (AvgIpc) is 2.95. The molecule has 0 bridgehead atoms. The topological polar surface area (TPSA) is 135 Å². The van der Waals surface area contributed by atoms with Gasteiger partial charge in [-0.2, -0.15) is 0 Å². The second-order valence-corrected chi connectivity index (χ2v) is 10.3. The van der Waals surface area contributed by atoms with Crippen LogP contribution in [0.2, 0.25) is 0 Å². The predicted octanol–water partition coefficient (Wildman–Crippen LogP) is 2.15. The van der Waals surface area contributed by atoms with Crippen LogP contribution < -0.4 is 30.2 Å². The normalized spacial score (nSPS) is 18.4. The Labute approximate surface area is 240 Å². The molecule has 2 aromatic rings. The van der Waals surface area contributed by atoms with E-state index in [4.69, 9.17) is 14.2 Å². The summed E-state index contributed by atoms with van der Waals surface area (Å²) in [5, 5.41) is 8.23. The zero-order valence-corrected chi connectivity index (χ0v) is 24.1. The summed E-state index contributed by atoms with van der Waals surface area (Å²) in [5.74, 6) is 0.0257. The quantitative estimate of drug-likeness (QED) is 0.395. The van der Waals surface area contributed by atoms with Gasteiger partial charge in [0, 0.05) is 13.6 Å². The van der Waals surface area contributed by atoms with E-state index in [1.54, 1.807) is 62.7 Å². The fourth-order valence-corrected chi connectivity index (χ4v) is 4.29. The third-order valence-electron chi connectivity index (χ3n) is 6.49. The molecule has 2 aromatic carbocycles. The van der Waals surface area contributed by atoms with Crippen LogP contribution in [0.25, 0.3) is 0 Å². The van der Waals surface area contributed by atoms with E-state index in [1.807, 2.05) is 13.8 Å². The molecule has 0 saturated heterocycles. The highest BCUT2D eigenvalue weighted by molar-refractivity contribution is 6.01. The lowest BCUT2D eigenvalue weighted by molar-refractivity contribution is -0.136. The molecule has 222 valence electrons. The van der Waals surface area contributed by atoms with Gasteiger partial charge in [0.15, 0.2) is 0 Å². The van der Waals surface area contributed by atoms with E-state index in [1.165, 1.54) is 4.90 Å². The van der Waals surface area contributed by atoms with Gasteiger partial charge < -0.3 is 35.1 Å². The number of para-hydroxylation sites is 1. The van der Waals surface area contributed by atoms with Crippen molar-refractivity contribution in [2.45, 2.75) is 45.2 Å². The first-order valence-corrected chi connectivity index (χ1v) is 13.8. The smallest absolute Gasteiger partial charge is 0.255 e. The Kier molecular flexibility index (Phi) is 11.8. The Morgan fingerprint density at radius 3 is 2.49 bits per heavy atom. The first-order chi connectivity index (χ1) is 19.7. The van der Waals surface area contributed by atoms with Crippen molar-refractivity contribution < 1.29 is 33.4 Å². The number of carbonyl (C=O) groups is 4. The summed E-state index contributed by atoms with van der Waals surface area (Å²) < 4.78 is 16.7. The first kappa shape index (κ1) is 31.3. The summed E-state index contributed by atoms with van der Waals surface area (Å²) in [6.45, 7) is 4.95. The molecule has 0 aromatic heterocycles. The third kappa shape index (κ3) is 9.70. The summed E-state index contributed by atoms with van der Waals surface area (Å²) in [6.07, 6.45) is 0.586. The Hall–Kier alpha value is -4.28. The van der Waals surface area contributed by atoms with Gasteiger partial charge >= 0.3 is 0 Å². The standard InChI is InChI=1S/C30H40N4O7/c1-20(2)18-25-30(38)34(3)15-17-41-26-9-6-5-8-23(26)28(36)33-24(19-27(35)32-25)29(37)31-14-7-16-40-22-12-10-21(39-4)11-13-22/h5-6,8-13,20,24-25H,7,14-19H2,1-4H3,(H,31,37)(H,32,35)(H,33,36)/t24-,25+/m0/s1. The monoisotopic (exact) mass is 568 g/mol. The van der Waals surface area contributed by atoms with Crippen molar-refractivity contribution in [1.29, 1.82) is 0 Å². The van der Waals surface area contributed by atoms with Crippen LogP contribution in [0, 0.1) is 5.92 Å². The van der Waals surface area contributed by atoms with Crippen LogP contribution >= 0.6 is 0 Å². The van der Waals surface area contributed by atoms with Crippen LogP contribution in [0.3, 0.4) is 0 Å². The number of fused-ring (bicyclic) bond motifs is 1. The molecular weight excluding hydrogens is 528 g/mol. The fraction of sp³-hybridized carbons (Fsp3) is 0.467. The van der Waals surface area contributed by atoms with Crippen molar-refractivity contribution in [3.63, 3.8) is 0 Å². The zero-order valence-electron chi connectivity index (χ0n) is 24.1. The molecule has 41 heavy (non-hydrogen) atoms. The SMILES string of the molecule is COc1ccc(OCCCNC(=O)[C@@H]2CC(=O)N[C@H](CC(C)C)C(=O)N(C)CCOc3ccccc3C(=O)N2)cc1. The number of hydrogen-bond acceptors (Lipinski definition) is 7. The number of carbonyl (C=O) groups excluding carboxylic acids is 4. The number of hydrogen-bond donors (Lipinski definition) is 3. The zero-order chi connectivity index (χ0) is 29.8. The molecule has 2 atom stereocenters. The van der Waals surface area contributed by atoms with Gasteiger partial charge in [-0.1, -0.05) is 26.0 Å². The van der Waals surface area contributed by atoms with Crippen molar-refractivity contribution in [3.05, 3.63) is 54.1 Å². The number of likely N-dealkylation sites (N-methyl/N-ethyl adjacent to an activating group) is 1. The Morgan fingerprint density at radius 1 is 1.07 bits per heavy atom. The minimum absolute atomic E-state index is 0.138. The highest BCUT2D eigenvalue weighted by Gasteiger charge is 2.30. The lowest BCUT2D eigenvalue weighted by Gasteiger charge is -2.27. The molecule has 3 rings (SSSR count). The van der Waals surface area contributed by atoms with Gasteiger partial charge in [0.05, 0.1) is 32.2 Å². The van der Waals surface area contributed by atoms with E-state index < -0.39 is 29.8 Å². The second kappa shape index (κ2) is 15.5. The molecule has 0 fully saturated rings. The van der Waals surface area contributed by atoms with E-state index in [0.717, 1.165) is 5.75 Å². The molecule has 0 aliphatic carbocycles. The molecule has 1 aliphatic rings. The predicted molar refractivity (Wildman–Crippen MR) is 153 cm³/mol. The van der Waals surface area contributed by atoms with Gasteiger partial charge in [-0.25, -0.2) is 0 Å². The van der Waals surface area contributed by atoms with Crippen LogP contribution in [0.15, 0.2) is 48.5 Å². The summed E-state index contributed by atoms with van der Waals surface area (Å²) in [6, 6.07) is 11.9. The molecule has 1 aliphatic heterocycles. The van der Waals surface area contributed by atoms with E-state index in [2.05, 4.69) is 16.0 Å². The highest BCUT2D eigenvalue weighted by Crippen LogP contribution is 2.19. The molecule has 1 heterocycles. The molecule has 4 amide bonds. The number of nitrogens with zero attached hydrogens (tertiary/aromatic N) is 1. The van der Waals surface area contributed by atoms with Crippen LogP contribution in [0.5, 0.6) is 17.2 Å². The average molecular weight is 569 g/mol. The Morgan fingerprint density at radius 2 is 1.78 bits per heavy atom. The molecule has 0 saturated carbocycles. The molecule has 0 radical (unpaired) electrons. The Balaban J connectivity index is 1.70. The summed E-state index contributed by atoms with van der Waals surface area (Å²) in [5.41, 5.74) is 0.224. The van der Waals surface area contributed by atoms with Gasteiger partial charge in [-0.15, -0.1) is 0 Å². The van der Waals surface area contributed by atoms with E-state index in [0.29, 0.717) is 30.9 Å². The maximum atomic E-state index is 13.2. The molecule has 3 N–H and O–H groups in total. The Bertz CT molecular complexity index is 1190. The number of methoxy groups -OCH3 is 1. The minimum atomic E-state index is -1.17. The summed E-state index contributed by atoms with van der Waals surface area (Å²) >= 11 is 0. The number of nitrogens with one attached hydrogen (secondary N) is 3. The molecule has 0 spiro atoms. The van der Waals surface area contributed by atoms with Gasteiger partial charge in [0.2, 0.25) is 17.7 Å². The van der Waals surface area contributed by atoms with Crippen LogP contribution in [0.1, 0.15) is 43.5 Å². The van der Waals surface area contributed by atoms with Crippen molar-refractivity contribution in [3.8, 4) is 17.2 Å². The fourth-order valence-electron chi connectivity index (χ4n) is 4.29. The van der Waals surface area contributed by atoms with E-state index in [9.17, 15) is 19.2 Å². The molecule has 0 unspecified atom stereocenters. The van der Waals surface area contributed by atoms with Gasteiger partial charge in [0.1, 0.15) is 35.9 Å². The minimum Gasteiger partial charge on any atom is -0.497 e. The van der Waals surface area contributed by atoms with Crippen molar-refractivity contribution >= 4 is 23.6 Å². The van der Waals surface area contributed by atoms with Gasteiger partial charge in [0.25, 0.3) is 5.91 Å². The maximum absolute atomic E-state index is 13.2.